The van der Waals surface area contributed by atoms with Crippen LogP contribution >= 0.6 is 7.92 Å². The van der Waals surface area contributed by atoms with Crippen molar-refractivity contribution in [3.8, 4) is 0 Å². The Hall–Kier alpha value is 0.430. The standard InChI is InChI=1S/C11H23P/c1-11(2,3)12(4)10-8-6-5-7-9-10/h10H,5-9H2,1-4H3. The lowest BCUT2D eigenvalue weighted by Crippen LogP contribution is -2.21. The summed E-state index contributed by atoms with van der Waals surface area (Å²) in [6, 6.07) is 0. The van der Waals surface area contributed by atoms with Crippen LogP contribution in [-0.2, 0) is 0 Å². The van der Waals surface area contributed by atoms with Gasteiger partial charge < -0.3 is 0 Å². The van der Waals surface area contributed by atoms with Crippen LogP contribution in [0.15, 0.2) is 0 Å². The second-order valence-corrected chi connectivity index (χ2v) is 8.37. The fraction of sp³-hybridized carbons (Fsp3) is 1.00. The van der Waals surface area contributed by atoms with Gasteiger partial charge in [-0.3, -0.25) is 0 Å². The van der Waals surface area contributed by atoms with Gasteiger partial charge in [0.25, 0.3) is 0 Å². The molecule has 0 saturated heterocycles. The lowest BCUT2D eigenvalue weighted by molar-refractivity contribution is 0.506. The molecular weight excluding hydrogens is 163 g/mol. The average molecular weight is 186 g/mol. The van der Waals surface area contributed by atoms with Gasteiger partial charge in [0.2, 0.25) is 0 Å². The van der Waals surface area contributed by atoms with Crippen LogP contribution in [-0.4, -0.2) is 17.5 Å². The molecular formula is C11H23P. The van der Waals surface area contributed by atoms with E-state index in [1.807, 2.05) is 0 Å². The SMILES string of the molecule is CP(C1CCCCC1)C(C)(C)C. The molecule has 0 heterocycles. The third-order valence-electron chi connectivity index (χ3n) is 3.18. The molecule has 1 fully saturated rings. The lowest BCUT2D eigenvalue weighted by Gasteiger charge is -2.37. The van der Waals surface area contributed by atoms with Gasteiger partial charge in [-0.1, -0.05) is 40.0 Å². The molecule has 1 aliphatic rings. The molecule has 1 saturated carbocycles. The molecule has 0 bridgehead atoms. The second-order valence-electron chi connectivity index (χ2n) is 5.07. The highest BCUT2D eigenvalue weighted by atomic mass is 31.1. The Balaban J connectivity index is 2.45. The minimum Gasteiger partial charge on any atom is -0.101 e. The molecule has 0 spiro atoms. The highest BCUT2D eigenvalue weighted by Gasteiger charge is 2.28. The monoisotopic (exact) mass is 186 g/mol. The summed E-state index contributed by atoms with van der Waals surface area (Å²) in [5.41, 5.74) is 1.08. The van der Waals surface area contributed by atoms with E-state index in [2.05, 4.69) is 27.4 Å². The van der Waals surface area contributed by atoms with Crippen LogP contribution in [0.25, 0.3) is 0 Å². The molecule has 0 aromatic rings. The fourth-order valence-corrected chi connectivity index (χ4v) is 4.25. The molecule has 1 rings (SSSR count). The maximum absolute atomic E-state index is 2.51. The summed E-state index contributed by atoms with van der Waals surface area (Å²) in [6.07, 6.45) is 7.50. The van der Waals surface area contributed by atoms with E-state index >= 15 is 0 Å². The van der Waals surface area contributed by atoms with E-state index in [0.717, 1.165) is 5.66 Å². The number of hydrogen-bond donors (Lipinski definition) is 0. The summed E-state index contributed by atoms with van der Waals surface area (Å²) < 4.78 is 0. The molecule has 1 unspecified atom stereocenters. The third kappa shape index (κ3) is 2.73. The first-order chi connectivity index (χ1) is 5.52. The molecule has 0 radical (unpaired) electrons. The summed E-state index contributed by atoms with van der Waals surface area (Å²) in [5.74, 6) is 0. The van der Waals surface area contributed by atoms with Crippen molar-refractivity contribution in [2.24, 2.45) is 0 Å². The zero-order chi connectivity index (χ0) is 9.19. The molecule has 1 aliphatic carbocycles. The third-order valence-corrected chi connectivity index (χ3v) is 6.91. The van der Waals surface area contributed by atoms with Gasteiger partial charge in [-0.25, -0.2) is 0 Å². The summed E-state index contributed by atoms with van der Waals surface area (Å²) >= 11 is 0. The van der Waals surface area contributed by atoms with Gasteiger partial charge in [-0.05, 0) is 30.3 Å². The first-order valence-electron chi connectivity index (χ1n) is 5.25. The Morgan fingerprint density at radius 2 is 1.50 bits per heavy atom. The molecule has 0 aromatic carbocycles. The molecule has 0 aromatic heterocycles. The number of rotatable bonds is 1. The maximum Gasteiger partial charge on any atom is -0.0179 e. The average Bonchev–Trinajstić information content (AvgIpc) is 2.03. The quantitative estimate of drug-likeness (QED) is 0.537. The molecule has 1 heteroatoms. The zero-order valence-electron chi connectivity index (χ0n) is 9.06. The molecule has 1 atom stereocenters. The smallest absolute Gasteiger partial charge is 0.0179 e. The van der Waals surface area contributed by atoms with E-state index in [9.17, 15) is 0 Å². The van der Waals surface area contributed by atoms with Crippen LogP contribution in [0.3, 0.4) is 0 Å². The summed E-state index contributed by atoms with van der Waals surface area (Å²) in [7, 11) is 0.260. The highest BCUT2D eigenvalue weighted by Crippen LogP contribution is 2.54. The minimum absolute atomic E-state index is 0.260. The van der Waals surface area contributed by atoms with Gasteiger partial charge in [0.05, 0.1) is 0 Å². The van der Waals surface area contributed by atoms with Crippen molar-refractivity contribution in [2.45, 2.75) is 63.7 Å². The van der Waals surface area contributed by atoms with Crippen molar-refractivity contribution in [1.29, 1.82) is 0 Å². The van der Waals surface area contributed by atoms with Crippen LogP contribution in [0.5, 0.6) is 0 Å². The first-order valence-corrected chi connectivity index (χ1v) is 7.10. The maximum atomic E-state index is 2.51. The van der Waals surface area contributed by atoms with E-state index in [-0.39, 0.29) is 7.92 Å². The second kappa shape index (κ2) is 4.09. The molecule has 0 aliphatic heterocycles. The van der Waals surface area contributed by atoms with Crippen molar-refractivity contribution in [1.82, 2.24) is 0 Å². The van der Waals surface area contributed by atoms with Crippen molar-refractivity contribution in [3.05, 3.63) is 0 Å². The highest BCUT2D eigenvalue weighted by molar-refractivity contribution is 7.59. The molecule has 0 amide bonds. The van der Waals surface area contributed by atoms with Gasteiger partial charge in [0, 0.05) is 0 Å². The van der Waals surface area contributed by atoms with Crippen molar-refractivity contribution < 1.29 is 0 Å². The van der Waals surface area contributed by atoms with Crippen molar-refractivity contribution >= 4 is 7.92 Å². The van der Waals surface area contributed by atoms with Gasteiger partial charge in [-0.15, -0.1) is 7.92 Å². The van der Waals surface area contributed by atoms with Crippen LogP contribution in [0.2, 0.25) is 0 Å². The Morgan fingerprint density at radius 3 is 1.92 bits per heavy atom. The van der Waals surface area contributed by atoms with Gasteiger partial charge >= 0.3 is 0 Å². The Morgan fingerprint density at radius 1 is 1.00 bits per heavy atom. The Kier molecular flexibility index (Phi) is 3.58. The number of hydrogen-bond acceptors (Lipinski definition) is 0. The Bertz CT molecular complexity index is 128. The predicted octanol–water partition coefficient (Wildman–Crippen LogP) is 4.23. The predicted molar refractivity (Wildman–Crippen MR) is 59.5 cm³/mol. The summed E-state index contributed by atoms with van der Waals surface area (Å²) in [6.45, 7) is 9.74. The zero-order valence-corrected chi connectivity index (χ0v) is 9.95. The van der Waals surface area contributed by atoms with E-state index in [4.69, 9.17) is 0 Å². The lowest BCUT2D eigenvalue weighted by atomic mass is 10.0. The minimum atomic E-state index is 0.260. The summed E-state index contributed by atoms with van der Waals surface area (Å²) in [4.78, 5) is 0. The Labute approximate surface area is 78.9 Å². The van der Waals surface area contributed by atoms with Crippen LogP contribution < -0.4 is 0 Å². The molecule has 72 valence electrons. The van der Waals surface area contributed by atoms with Crippen molar-refractivity contribution in [2.75, 3.05) is 6.66 Å². The first kappa shape index (κ1) is 10.5. The van der Waals surface area contributed by atoms with E-state index in [1.165, 1.54) is 32.1 Å². The topological polar surface area (TPSA) is 0 Å². The fourth-order valence-electron chi connectivity index (χ4n) is 2.02. The molecule has 12 heavy (non-hydrogen) atoms. The molecule has 0 N–H and O–H groups in total. The van der Waals surface area contributed by atoms with Gasteiger partial charge in [0.1, 0.15) is 0 Å². The normalized spacial score (nSPS) is 24.0. The van der Waals surface area contributed by atoms with Crippen LogP contribution in [0.4, 0.5) is 0 Å². The van der Waals surface area contributed by atoms with Crippen LogP contribution in [0.1, 0.15) is 52.9 Å². The molecule has 0 nitrogen and oxygen atoms in total. The van der Waals surface area contributed by atoms with E-state index in [1.54, 1.807) is 0 Å². The van der Waals surface area contributed by atoms with E-state index < -0.39 is 0 Å². The van der Waals surface area contributed by atoms with Crippen LogP contribution in [0, 0.1) is 0 Å². The van der Waals surface area contributed by atoms with E-state index in [0.29, 0.717) is 5.16 Å². The largest absolute Gasteiger partial charge is 0.101 e. The van der Waals surface area contributed by atoms with Crippen molar-refractivity contribution in [3.63, 3.8) is 0 Å². The van der Waals surface area contributed by atoms with Gasteiger partial charge in [0.15, 0.2) is 0 Å². The summed E-state index contributed by atoms with van der Waals surface area (Å²) in [5, 5.41) is 0.581. The van der Waals surface area contributed by atoms with Gasteiger partial charge in [-0.2, -0.15) is 0 Å².